The number of pyridine rings is 1. The Hall–Kier alpha value is -3.80. The number of aromatic nitrogens is 1. The summed E-state index contributed by atoms with van der Waals surface area (Å²) in [5, 5.41) is 0. The van der Waals surface area contributed by atoms with Crippen LogP contribution in [0.5, 0.6) is 0 Å². The van der Waals surface area contributed by atoms with Gasteiger partial charge < -0.3 is 9.80 Å². The molecule has 1 aromatic heterocycles. The maximum absolute atomic E-state index is 12.9. The summed E-state index contributed by atoms with van der Waals surface area (Å²) in [5.41, 5.74) is 2.85. The second-order valence-corrected chi connectivity index (χ2v) is 7.61. The molecule has 0 spiro atoms. The molecule has 31 heavy (non-hydrogen) atoms. The standard InChI is InChI=1S/C25H23N3O3/c1-18-17-27(24(30)21-6-3-2-4-7-21)14-15-28(18)25(31)23(29)20-11-9-19(10-12-20)22-8-5-13-26-16-22/h2-13,16,18H,14-15,17H2,1H3/t18-/m1/s1. The zero-order chi connectivity index (χ0) is 21.8. The van der Waals surface area contributed by atoms with Crippen molar-refractivity contribution < 1.29 is 14.4 Å². The summed E-state index contributed by atoms with van der Waals surface area (Å²) in [6.07, 6.45) is 3.45. The Morgan fingerprint density at radius 2 is 1.58 bits per heavy atom. The average Bonchev–Trinajstić information content (AvgIpc) is 2.84. The molecule has 6 nitrogen and oxygen atoms in total. The molecule has 2 aromatic carbocycles. The fourth-order valence-electron chi connectivity index (χ4n) is 3.81. The number of amides is 2. The first-order valence-electron chi connectivity index (χ1n) is 10.2. The number of Topliss-reactive ketones (excluding diaryl/α,β-unsaturated/α-hetero) is 1. The highest BCUT2D eigenvalue weighted by molar-refractivity contribution is 6.42. The lowest BCUT2D eigenvalue weighted by Gasteiger charge is -2.39. The molecule has 156 valence electrons. The first-order valence-corrected chi connectivity index (χ1v) is 10.2. The van der Waals surface area contributed by atoms with Gasteiger partial charge in [-0.25, -0.2) is 0 Å². The van der Waals surface area contributed by atoms with E-state index in [-0.39, 0.29) is 11.9 Å². The quantitative estimate of drug-likeness (QED) is 0.486. The fraction of sp³-hybridized carbons (Fsp3) is 0.200. The van der Waals surface area contributed by atoms with Crippen molar-refractivity contribution in [3.05, 3.63) is 90.3 Å². The number of rotatable bonds is 4. The molecular formula is C25H23N3O3. The predicted octanol–water partition coefficient (Wildman–Crippen LogP) is 3.30. The van der Waals surface area contributed by atoms with Gasteiger partial charge in [0.15, 0.2) is 0 Å². The van der Waals surface area contributed by atoms with E-state index in [1.54, 1.807) is 46.5 Å². The summed E-state index contributed by atoms with van der Waals surface area (Å²) >= 11 is 0. The molecule has 1 atom stereocenters. The average molecular weight is 413 g/mol. The van der Waals surface area contributed by atoms with Gasteiger partial charge in [0, 0.05) is 49.2 Å². The number of benzene rings is 2. The maximum atomic E-state index is 12.9. The van der Waals surface area contributed by atoms with E-state index in [2.05, 4.69) is 4.98 Å². The molecule has 1 fully saturated rings. The summed E-state index contributed by atoms with van der Waals surface area (Å²) in [6.45, 7) is 2.99. The van der Waals surface area contributed by atoms with Gasteiger partial charge in [0.25, 0.3) is 11.8 Å². The first kappa shape index (κ1) is 20.5. The van der Waals surface area contributed by atoms with Crippen molar-refractivity contribution in [2.75, 3.05) is 19.6 Å². The largest absolute Gasteiger partial charge is 0.335 e. The van der Waals surface area contributed by atoms with Gasteiger partial charge in [-0.05, 0) is 36.2 Å². The van der Waals surface area contributed by atoms with Crippen LogP contribution in [0.4, 0.5) is 0 Å². The first-order chi connectivity index (χ1) is 15.0. The van der Waals surface area contributed by atoms with Gasteiger partial charge in [0.2, 0.25) is 5.78 Å². The number of carbonyl (C=O) groups excluding carboxylic acids is 3. The number of hydrogen-bond acceptors (Lipinski definition) is 4. The van der Waals surface area contributed by atoms with Gasteiger partial charge >= 0.3 is 0 Å². The Labute approximate surface area is 181 Å². The van der Waals surface area contributed by atoms with Crippen molar-refractivity contribution in [2.24, 2.45) is 0 Å². The minimum absolute atomic E-state index is 0.0585. The summed E-state index contributed by atoms with van der Waals surface area (Å²) in [5.74, 6) is -1.13. The van der Waals surface area contributed by atoms with Crippen molar-refractivity contribution in [1.82, 2.24) is 14.8 Å². The molecule has 0 unspecified atom stereocenters. The Morgan fingerprint density at radius 1 is 0.839 bits per heavy atom. The van der Waals surface area contributed by atoms with Crippen LogP contribution >= 0.6 is 0 Å². The van der Waals surface area contributed by atoms with E-state index in [0.29, 0.717) is 30.8 Å². The second-order valence-electron chi connectivity index (χ2n) is 7.61. The normalized spacial score (nSPS) is 16.1. The topological polar surface area (TPSA) is 70.6 Å². The van der Waals surface area contributed by atoms with E-state index < -0.39 is 11.7 Å². The summed E-state index contributed by atoms with van der Waals surface area (Å²) in [6, 6.07) is 19.6. The molecule has 0 bridgehead atoms. The Balaban J connectivity index is 1.41. The Kier molecular flexibility index (Phi) is 5.89. The lowest BCUT2D eigenvalue weighted by molar-refractivity contribution is -0.130. The third-order valence-electron chi connectivity index (χ3n) is 5.53. The van der Waals surface area contributed by atoms with E-state index >= 15 is 0 Å². The third-order valence-corrected chi connectivity index (χ3v) is 5.53. The molecule has 0 N–H and O–H groups in total. The second kappa shape index (κ2) is 8.92. The molecule has 1 saturated heterocycles. The van der Waals surface area contributed by atoms with Crippen LogP contribution < -0.4 is 0 Å². The van der Waals surface area contributed by atoms with Gasteiger partial charge in [-0.3, -0.25) is 19.4 Å². The molecule has 1 aliphatic rings. The van der Waals surface area contributed by atoms with Gasteiger partial charge in [-0.15, -0.1) is 0 Å². The van der Waals surface area contributed by atoms with Crippen molar-refractivity contribution >= 4 is 17.6 Å². The van der Waals surface area contributed by atoms with Crippen LogP contribution in [-0.4, -0.2) is 58.1 Å². The monoisotopic (exact) mass is 413 g/mol. The van der Waals surface area contributed by atoms with Crippen LogP contribution in [-0.2, 0) is 4.79 Å². The van der Waals surface area contributed by atoms with Crippen LogP contribution in [0, 0.1) is 0 Å². The molecule has 2 amide bonds. The van der Waals surface area contributed by atoms with Gasteiger partial charge in [0.05, 0.1) is 0 Å². The lowest BCUT2D eigenvalue weighted by Crippen LogP contribution is -2.56. The SMILES string of the molecule is C[C@@H]1CN(C(=O)c2ccccc2)CCN1C(=O)C(=O)c1ccc(-c2cccnc2)cc1. The molecule has 0 radical (unpaired) electrons. The van der Waals surface area contributed by atoms with E-state index in [1.165, 1.54) is 0 Å². The van der Waals surface area contributed by atoms with E-state index in [0.717, 1.165) is 11.1 Å². The molecule has 0 aliphatic carbocycles. The predicted molar refractivity (Wildman–Crippen MR) is 118 cm³/mol. The minimum Gasteiger partial charge on any atom is -0.335 e. The van der Waals surface area contributed by atoms with E-state index in [1.807, 2.05) is 49.4 Å². The van der Waals surface area contributed by atoms with Crippen LogP contribution in [0.15, 0.2) is 79.1 Å². The van der Waals surface area contributed by atoms with Crippen LogP contribution in [0.3, 0.4) is 0 Å². The summed E-state index contributed by atoms with van der Waals surface area (Å²) in [7, 11) is 0. The number of nitrogens with zero attached hydrogens (tertiary/aromatic N) is 3. The van der Waals surface area contributed by atoms with Crippen LogP contribution in [0.2, 0.25) is 0 Å². The van der Waals surface area contributed by atoms with Crippen molar-refractivity contribution in [3.63, 3.8) is 0 Å². The Morgan fingerprint density at radius 3 is 2.23 bits per heavy atom. The van der Waals surface area contributed by atoms with E-state index in [4.69, 9.17) is 0 Å². The van der Waals surface area contributed by atoms with Crippen LogP contribution in [0.1, 0.15) is 27.6 Å². The summed E-state index contributed by atoms with van der Waals surface area (Å²) in [4.78, 5) is 45.7. The summed E-state index contributed by atoms with van der Waals surface area (Å²) < 4.78 is 0. The highest BCUT2D eigenvalue weighted by Gasteiger charge is 2.33. The molecule has 3 aromatic rings. The third kappa shape index (κ3) is 4.38. The highest BCUT2D eigenvalue weighted by Crippen LogP contribution is 2.20. The lowest BCUT2D eigenvalue weighted by atomic mass is 10.0. The molecular weight excluding hydrogens is 390 g/mol. The smallest absolute Gasteiger partial charge is 0.295 e. The van der Waals surface area contributed by atoms with Gasteiger partial charge in [-0.2, -0.15) is 0 Å². The van der Waals surface area contributed by atoms with Crippen molar-refractivity contribution in [3.8, 4) is 11.1 Å². The zero-order valence-corrected chi connectivity index (χ0v) is 17.3. The van der Waals surface area contributed by atoms with Crippen LogP contribution in [0.25, 0.3) is 11.1 Å². The highest BCUT2D eigenvalue weighted by atomic mass is 16.2. The molecule has 4 rings (SSSR count). The molecule has 0 saturated carbocycles. The number of piperazine rings is 1. The molecule has 2 heterocycles. The molecule has 6 heteroatoms. The van der Waals surface area contributed by atoms with E-state index in [9.17, 15) is 14.4 Å². The van der Waals surface area contributed by atoms with Gasteiger partial charge in [-0.1, -0.05) is 48.5 Å². The van der Waals surface area contributed by atoms with Crippen molar-refractivity contribution in [1.29, 1.82) is 0 Å². The number of carbonyl (C=O) groups is 3. The Bertz CT molecular complexity index is 1080. The maximum Gasteiger partial charge on any atom is 0.295 e. The molecule has 1 aliphatic heterocycles. The number of hydrogen-bond donors (Lipinski definition) is 0. The minimum atomic E-state index is -0.535. The fourth-order valence-corrected chi connectivity index (χ4v) is 3.81. The van der Waals surface area contributed by atoms with Gasteiger partial charge in [0.1, 0.15) is 0 Å². The number of ketones is 1. The zero-order valence-electron chi connectivity index (χ0n) is 17.3. The van der Waals surface area contributed by atoms with Crippen molar-refractivity contribution in [2.45, 2.75) is 13.0 Å².